The van der Waals surface area contributed by atoms with Gasteiger partial charge in [-0.3, -0.25) is 4.98 Å². The van der Waals surface area contributed by atoms with E-state index in [1.807, 2.05) is 0 Å². The Morgan fingerprint density at radius 1 is 0.667 bits per heavy atom. The van der Waals surface area contributed by atoms with Crippen molar-refractivity contribution in [2.24, 2.45) is 0 Å². The molecule has 4 N–H and O–H groups in total. The minimum Gasteiger partial charge on any atom is -0.382 e. The largest absolute Gasteiger partial charge is 0.382 e. The number of nitrogens with zero attached hydrogens (tertiary/aromatic N) is 4. The van der Waals surface area contributed by atoms with Crippen LogP contribution >= 0.6 is 0 Å². The molecule has 2 aromatic heterocycles. The highest BCUT2D eigenvalue weighted by atomic mass is 15.0. The van der Waals surface area contributed by atoms with Gasteiger partial charge in [0.25, 0.3) is 0 Å². The molecule has 0 aliphatic heterocycles. The van der Waals surface area contributed by atoms with Crippen LogP contribution in [0.1, 0.15) is 67.7 Å². The van der Waals surface area contributed by atoms with Crippen LogP contribution in [0.4, 0.5) is 11.8 Å². The first-order valence-corrected chi connectivity index (χ1v) is 7.16. The molecule has 0 aromatic carbocycles. The third-order valence-corrected chi connectivity index (χ3v) is 2.98. The van der Waals surface area contributed by atoms with Gasteiger partial charge in [-0.25, -0.2) is 15.0 Å². The Hall–Kier alpha value is -2.24. The molecular formula is C18H34N6. The number of hydrogen-bond donors (Lipinski definition) is 2. The fraction of sp³-hybridized carbons (Fsp3) is 0.556. The van der Waals surface area contributed by atoms with Crippen LogP contribution in [0.15, 0.2) is 24.8 Å². The SMILES string of the molecule is C.C.CC(C)(C)c1cnc(N)cn1.CC(C)(C)c1cnc(N)nc1. The van der Waals surface area contributed by atoms with Crippen molar-refractivity contribution in [1.82, 2.24) is 19.9 Å². The van der Waals surface area contributed by atoms with Crippen LogP contribution in [0.5, 0.6) is 0 Å². The molecule has 0 fully saturated rings. The van der Waals surface area contributed by atoms with Gasteiger partial charge in [-0.15, -0.1) is 0 Å². The number of aromatic nitrogens is 4. The lowest BCUT2D eigenvalue weighted by molar-refractivity contribution is 0.566. The number of anilines is 2. The lowest BCUT2D eigenvalue weighted by Gasteiger charge is -2.17. The first kappa shape index (κ1) is 24.0. The van der Waals surface area contributed by atoms with Gasteiger partial charge < -0.3 is 11.5 Å². The molecule has 0 aliphatic carbocycles. The van der Waals surface area contributed by atoms with E-state index in [0.717, 1.165) is 11.3 Å². The molecule has 0 spiro atoms. The van der Waals surface area contributed by atoms with Gasteiger partial charge in [0.2, 0.25) is 5.95 Å². The Kier molecular flexibility index (Phi) is 9.16. The second kappa shape index (κ2) is 9.15. The highest BCUT2D eigenvalue weighted by Crippen LogP contribution is 2.20. The average molecular weight is 335 g/mol. The summed E-state index contributed by atoms with van der Waals surface area (Å²) in [5.74, 6) is 0.802. The third kappa shape index (κ3) is 7.85. The maximum Gasteiger partial charge on any atom is 0.219 e. The molecule has 2 heterocycles. The van der Waals surface area contributed by atoms with Crippen LogP contribution in [-0.2, 0) is 10.8 Å². The van der Waals surface area contributed by atoms with E-state index in [0.29, 0.717) is 11.8 Å². The van der Waals surface area contributed by atoms with Crippen molar-refractivity contribution >= 4 is 11.8 Å². The second-order valence-corrected chi connectivity index (χ2v) is 7.16. The van der Waals surface area contributed by atoms with E-state index in [1.54, 1.807) is 24.8 Å². The monoisotopic (exact) mass is 334 g/mol. The van der Waals surface area contributed by atoms with E-state index in [1.165, 1.54) is 0 Å². The predicted molar refractivity (Wildman–Crippen MR) is 104 cm³/mol. The van der Waals surface area contributed by atoms with E-state index < -0.39 is 0 Å². The van der Waals surface area contributed by atoms with Gasteiger partial charge in [0.05, 0.1) is 18.1 Å². The van der Waals surface area contributed by atoms with Crippen molar-refractivity contribution in [3.8, 4) is 0 Å². The van der Waals surface area contributed by atoms with Crippen molar-refractivity contribution in [2.75, 3.05) is 11.5 Å². The lowest BCUT2D eigenvalue weighted by Crippen LogP contribution is -2.13. The summed E-state index contributed by atoms with van der Waals surface area (Å²) < 4.78 is 0. The standard InChI is InChI=1S/2C8H13N3.2CH4/c1-8(2,3)6-4-11-7(9)5-10-6;1-8(2,3)6-4-10-7(9)11-5-6;;/h4-5H,1-3H3,(H2,9,11);4-5H,1-3H3,(H2,9,10,11);2*1H4. The van der Waals surface area contributed by atoms with Crippen LogP contribution in [0.25, 0.3) is 0 Å². The normalized spacial score (nSPS) is 10.6. The van der Waals surface area contributed by atoms with Crippen molar-refractivity contribution < 1.29 is 0 Å². The Morgan fingerprint density at radius 3 is 1.50 bits per heavy atom. The Bertz CT molecular complexity index is 521. The van der Waals surface area contributed by atoms with Crippen molar-refractivity contribution in [1.29, 1.82) is 0 Å². The van der Waals surface area contributed by atoms with Gasteiger partial charge in [0.1, 0.15) is 5.82 Å². The summed E-state index contributed by atoms with van der Waals surface area (Å²) in [6, 6.07) is 0. The first-order chi connectivity index (χ1) is 10.00. The first-order valence-electron chi connectivity index (χ1n) is 7.16. The smallest absolute Gasteiger partial charge is 0.219 e. The zero-order chi connectivity index (χ0) is 17.0. The van der Waals surface area contributed by atoms with E-state index in [2.05, 4.69) is 61.5 Å². The summed E-state index contributed by atoms with van der Waals surface area (Å²) in [5, 5.41) is 0. The topological polar surface area (TPSA) is 104 Å². The molecule has 6 nitrogen and oxygen atoms in total. The summed E-state index contributed by atoms with van der Waals surface area (Å²) in [6.07, 6.45) is 6.83. The number of nitrogen functional groups attached to an aromatic ring is 2. The summed E-state index contributed by atoms with van der Waals surface area (Å²) in [5.41, 5.74) is 13.0. The van der Waals surface area contributed by atoms with Crippen molar-refractivity contribution in [3.05, 3.63) is 36.0 Å². The highest BCUT2D eigenvalue weighted by Gasteiger charge is 2.15. The summed E-state index contributed by atoms with van der Waals surface area (Å²) in [4.78, 5) is 15.9. The van der Waals surface area contributed by atoms with Gasteiger partial charge >= 0.3 is 0 Å². The zero-order valence-electron chi connectivity index (χ0n) is 14.3. The number of hydrogen-bond acceptors (Lipinski definition) is 6. The van der Waals surface area contributed by atoms with E-state index in [9.17, 15) is 0 Å². The van der Waals surface area contributed by atoms with Crippen LogP contribution in [0, 0.1) is 0 Å². The Balaban J connectivity index is 0. The second-order valence-electron chi connectivity index (χ2n) is 7.16. The van der Waals surface area contributed by atoms with Crippen molar-refractivity contribution in [2.45, 2.75) is 67.2 Å². The fourth-order valence-corrected chi connectivity index (χ4v) is 1.45. The minimum absolute atomic E-state index is 0. The van der Waals surface area contributed by atoms with E-state index in [-0.39, 0.29) is 25.7 Å². The average Bonchev–Trinajstić information content (AvgIpc) is 2.38. The Labute approximate surface area is 147 Å². The summed E-state index contributed by atoms with van der Waals surface area (Å²) in [7, 11) is 0. The molecule has 0 unspecified atom stereocenters. The molecule has 6 heteroatoms. The molecule has 0 aliphatic rings. The fourth-order valence-electron chi connectivity index (χ4n) is 1.45. The van der Waals surface area contributed by atoms with Gasteiger partial charge in [-0.2, -0.15) is 0 Å². The molecule has 2 rings (SSSR count). The molecule has 0 bridgehead atoms. The molecule has 24 heavy (non-hydrogen) atoms. The van der Waals surface area contributed by atoms with E-state index in [4.69, 9.17) is 11.5 Å². The molecule has 0 atom stereocenters. The molecular weight excluding hydrogens is 300 g/mol. The zero-order valence-corrected chi connectivity index (χ0v) is 14.3. The summed E-state index contributed by atoms with van der Waals surface area (Å²) >= 11 is 0. The lowest BCUT2D eigenvalue weighted by atomic mass is 9.89. The molecule has 0 saturated heterocycles. The third-order valence-electron chi connectivity index (χ3n) is 2.98. The van der Waals surface area contributed by atoms with Crippen LogP contribution in [-0.4, -0.2) is 19.9 Å². The quantitative estimate of drug-likeness (QED) is 0.755. The van der Waals surface area contributed by atoms with Gasteiger partial charge in [-0.1, -0.05) is 56.4 Å². The molecule has 0 amide bonds. The molecule has 2 aromatic rings. The minimum atomic E-state index is 0. The number of rotatable bonds is 0. The maximum atomic E-state index is 5.40. The van der Waals surface area contributed by atoms with Crippen molar-refractivity contribution in [3.63, 3.8) is 0 Å². The van der Waals surface area contributed by atoms with E-state index >= 15 is 0 Å². The molecule has 136 valence electrons. The van der Waals surface area contributed by atoms with Gasteiger partial charge in [-0.05, 0) is 11.0 Å². The maximum absolute atomic E-state index is 5.40. The van der Waals surface area contributed by atoms with Crippen LogP contribution in [0.3, 0.4) is 0 Å². The van der Waals surface area contributed by atoms with Crippen LogP contribution < -0.4 is 11.5 Å². The summed E-state index contributed by atoms with van der Waals surface area (Å²) in [6.45, 7) is 12.6. The molecule has 0 saturated carbocycles. The number of nitrogens with two attached hydrogens (primary N) is 2. The van der Waals surface area contributed by atoms with Gasteiger partial charge in [0, 0.05) is 17.8 Å². The molecule has 0 radical (unpaired) electrons. The predicted octanol–water partition coefficient (Wildman–Crippen LogP) is 3.98. The Morgan fingerprint density at radius 2 is 1.17 bits per heavy atom. The van der Waals surface area contributed by atoms with Crippen LogP contribution in [0.2, 0.25) is 0 Å². The highest BCUT2D eigenvalue weighted by molar-refractivity contribution is 5.24. The van der Waals surface area contributed by atoms with Gasteiger partial charge in [0.15, 0.2) is 0 Å².